The molecule has 0 radical (unpaired) electrons. The summed E-state index contributed by atoms with van der Waals surface area (Å²) in [5.74, 6) is 0.464. The maximum absolute atomic E-state index is 12.1. The van der Waals surface area contributed by atoms with Crippen LogP contribution in [0.4, 0.5) is 0 Å². The lowest BCUT2D eigenvalue weighted by molar-refractivity contribution is -0.126. The quantitative estimate of drug-likeness (QED) is 0.755. The van der Waals surface area contributed by atoms with Crippen molar-refractivity contribution in [3.8, 4) is 0 Å². The highest BCUT2D eigenvalue weighted by atomic mass is 16.1. The summed E-state index contributed by atoms with van der Waals surface area (Å²) >= 11 is 0. The van der Waals surface area contributed by atoms with Crippen molar-refractivity contribution in [2.24, 2.45) is 16.4 Å². The van der Waals surface area contributed by atoms with Crippen LogP contribution in [-0.4, -0.2) is 17.5 Å². The first-order valence-electron chi connectivity index (χ1n) is 5.88. The minimum Gasteiger partial charge on any atom is -0.306 e. The maximum Gasteiger partial charge on any atom is 0.144 e. The van der Waals surface area contributed by atoms with Gasteiger partial charge >= 0.3 is 0 Å². The van der Waals surface area contributed by atoms with Crippen LogP contribution < -0.4 is 5.43 Å². The summed E-state index contributed by atoms with van der Waals surface area (Å²) in [4.78, 5) is 12.1. The monoisotopic (exact) mass is 208 g/mol. The normalized spacial score (nSPS) is 33.3. The van der Waals surface area contributed by atoms with Crippen molar-refractivity contribution in [1.82, 2.24) is 5.43 Å². The molecule has 15 heavy (non-hydrogen) atoms. The number of fused-ring (bicyclic) bond motifs is 1. The summed E-state index contributed by atoms with van der Waals surface area (Å²) in [5, 5.41) is 4.33. The molecule has 1 aliphatic carbocycles. The van der Waals surface area contributed by atoms with Crippen LogP contribution in [0.15, 0.2) is 5.10 Å². The molecule has 0 unspecified atom stereocenters. The average Bonchev–Trinajstić information content (AvgIpc) is 2.46. The van der Waals surface area contributed by atoms with Gasteiger partial charge in [-0.05, 0) is 18.3 Å². The summed E-state index contributed by atoms with van der Waals surface area (Å²) in [5.41, 5.74) is 4.37. The number of nitrogens with one attached hydrogen (secondary N) is 1. The summed E-state index contributed by atoms with van der Waals surface area (Å²) < 4.78 is 0. The molecule has 1 fully saturated rings. The van der Waals surface area contributed by atoms with Gasteiger partial charge < -0.3 is 5.43 Å². The lowest BCUT2D eigenvalue weighted by Crippen LogP contribution is -2.45. The number of ketones is 1. The summed E-state index contributed by atoms with van der Waals surface area (Å²) in [6, 6.07) is 0.266. The number of nitrogens with zero attached hydrogens (tertiary/aromatic N) is 1. The van der Waals surface area contributed by atoms with Gasteiger partial charge in [0.25, 0.3) is 0 Å². The van der Waals surface area contributed by atoms with E-state index in [-0.39, 0.29) is 17.4 Å². The molecule has 0 bridgehead atoms. The van der Waals surface area contributed by atoms with E-state index in [9.17, 15) is 4.79 Å². The molecule has 0 aromatic rings. The molecule has 0 saturated heterocycles. The van der Waals surface area contributed by atoms with Crippen LogP contribution in [-0.2, 0) is 4.79 Å². The number of hydrazone groups is 1. The van der Waals surface area contributed by atoms with Crippen LogP contribution in [0.1, 0.15) is 46.5 Å². The summed E-state index contributed by atoms with van der Waals surface area (Å²) in [7, 11) is 0. The van der Waals surface area contributed by atoms with Gasteiger partial charge in [-0.3, -0.25) is 4.79 Å². The first-order chi connectivity index (χ1) is 7.03. The Morgan fingerprint density at radius 3 is 2.93 bits per heavy atom. The van der Waals surface area contributed by atoms with Gasteiger partial charge in [-0.15, -0.1) is 0 Å². The third kappa shape index (κ3) is 1.92. The third-order valence-corrected chi connectivity index (χ3v) is 3.41. The number of carbonyl (C=O) groups excluding carboxylic acids is 1. The van der Waals surface area contributed by atoms with E-state index >= 15 is 0 Å². The Balaban J connectivity index is 2.14. The number of hydrogen-bond acceptors (Lipinski definition) is 3. The fourth-order valence-electron chi connectivity index (χ4n) is 2.83. The second-order valence-electron chi connectivity index (χ2n) is 5.58. The molecule has 0 aromatic carbocycles. The second kappa shape index (κ2) is 3.62. The lowest BCUT2D eigenvalue weighted by Gasteiger charge is -2.36. The Kier molecular flexibility index (Phi) is 2.57. The molecule has 2 rings (SSSR count). The molecule has 1 aliphatic heterocycles. The molecular formula is C12H20N2O. The van der Waals surface area contributed by atoms with Crippen LogP contribution >= 0.6 is 0 Å². The molecule has 0 amide bonds. The van der Waals surface area contributed by atoms with Crippen LogP contribution in [0.3, 0.4) is 0 Å². The summed E-state index contributed by atoms with van der Waals surface area (Å²) in [6.07, 6.45) is 3.79. The molecule has 0 aromatic heterocycles. The Hall–Kier alpha value is -0.860. The average molecular weight is 208 g/mol. The first-order valence-corrected chi connectivity index (χ1v) is 5.88. The zero-order chi connectivity index (χ0) is 11.1. The zero-order valence-corrected chi connectivity index (χ0v) is 9.84. The lowest BCUT2D eigenvalue weighted by atomic mass is 9.68. The zero-order valence-electron chi connectivity index (χ0n) is 9.84. The van der Waals surface area contributed by atoms with E-state index in [1.165, 1.54) is 0 Å². The fraction of sp³-hybridized carbons (Fsp3) is 0.833. The molecule has 1 heterocycles. The predicted molar refractivity (Wildman–Crippen MR) is 60.8 cm³/mol. The standard InChI is InChI=1S/C12H20N2O/c1-4-5-8-11-9(14-13-8)6-12(2,3)7-10(11)15/h9,11,14H,4-7H2,1-3H3/t9-,11-/m1/s1. The van der Waals surface area contributed by atoms with Gasteiger partial charge in [0.05, 0.1) is 17.7 Å². The van der Waals surface area contributed by atoms with E-state index < -0.39 is 0 Å². The Labute approximate surface area is 91.3 Å². The van der Waals surface area contributed by atoms with Crippen molar-refractivity contribution < 1.29 is 4.79 Å². The van der Waals surface area contributed by atoms with Crippen molar-refractivity contribution >= 4 is 11.5 Å². The van der Waals surface area contributed by atoms with Gasteiger partial charge in [-0.25, -0.2) is 0 Å². The van der Waals surface area contributed by atoms with Gasteiger partial charge in [0.15, 0.2) is 0 Å². The Morgan fingerprint density at radius 1 is 1.53 bits per heavy atom. The van der Waals surface area contributed by atoms with Gasteiger partial charge in [-0.2, -0.15) is 5.10 Å². The van der Waals surface area contributed by atoms with Gasteiger partial charge in [0.1, 0.15) is 5.78 Å². The molecule has 3 heteroatoms. The number of Topliss-reactive ketones (excluding diaryl/α,β-unsaturated/α-hetero) is 1. The summed E-state index contributed by atoms with van der Waals surface area (Å²) in [6.45, 7) is 6.47. The van der Waals surface area contributed by atoms with Crippen molar-refractivity contribution in [3.63, 3.8) is 0 Å². The highest BCUT2D eigenvalue weighted by Crippen LogP contribution is 2.39. The third-order valence-electron chi connectivity index (χ3n) is 3.41. The van der Waals surface area contributed by atoms with E-state index in [4.69, 9.17) is 0 Å². The minimum atomic E-state index is 0.0815. The highest BCUT2D eigenvalue weighted by Gasteiger charge is 2.45. The topological polar surface area (TPSA) is 41.5 Å². The van der Waals surface area contributed by atoms with E-state index in [2.05, 4.69) is 31.3 Å². The Morgan fingerprint density at radius 2 is 2.27 bits per heavy atom. The van der Waals surface area contributed by atoms with Crippen molar-refractivity contribution in [1.29, 1.82) is 0 Å². The van der Waals surface area contributed by atoms with Gasteiger partial charge in [0, 0.05) is 6.42 Å². The largest absolute Gasteiger partial charge is 0.306 e. The number of rotatable bonds is 2. The number of carbonyl (C=O) groups is 1. The van der Waals surface area contributed by atoms with Crippen LogP contribution in [0.5, 0.6) is 0 Å². The first kappa shape index (κ1) is 10.7. The highest BCUT2D eigenvalue weighted by molar-refractivity contribution is 6.07. The fourth-order valence-corrected chi connectivity index (χ4v) is 2.83. The smallest absolute Gasteiger partial charge is 0.144 e. The second-order valence-corrected chi connectivity index (χ2v) is 5.58. The molecule has 3 nitrogen and oxygen atoms in total. The minimum absolute atomic E-state index is 0.0815. The van der Waals surface area contributed by atoms with Crippen molar-refractivity contribution in [2.75, 3.05) is 0 Å². The molecule has 2 atom stereocenters. The van der Waals surface area contributed by atoms with Crippen LogP contribution in [0.2, 0.25) is 0 Å². The van der Waals surface area contributed by atoms with Gasteiger partial charge in [-0.1, -0.05) is 27.2 Å². The number of hydrogen-bond donors (Lipinski definition) is 1. The SMILES string of the molecule is CCCC1=NN[C@@H]2CC(C)(C)CC(=O)[C@H]12. The molecule has 2 aliphatic rings. The molecule has 84 valence electrons. The van der Waals surface area contributed by atoms with Crippen molar-refractivity contribution in [2.45, 2.75) is 52.5 Å². The van der Waals surface area contributed by atoms with Gasteiger partial charge in [0.2, 0.25) is 0 Å². The van der Waals surface area contributed by atoms with Crippen molar-refractivity contribution in [3.05, 3.63) is 0 Å². The van der Waals surface area contributed by atoms with E-state index in [0.717, 1.165) is 25.0 Å². The molecule has 1 N–H and O–H groups in total. The molecule has 0 spiro atoms. The predicted octanol–water partition coefficient (Wildman–Crippen LogP) is 2.12. The molecule has 1 saturated carbocycles. The van der Waals surface area contributed by atoms with E-state index in [0.29, 0.717) is 12.2 Å². The Bertz CT molecular complexity index is 307. The molecular weight excluding hydrogens is 188 g/mol. The van der Waals surface area contributed by atoms with Crippen LogP contribution in [0.25, 0.3) is 0 Å². The van der Waals surface area contributed by atoms with Crippen LogP contribution in [0, 0.1) is 11.3 Å². The maximum atomic E-state index is 12.1. The van der Waals surface area contributed by atoms with E-state index in [1.807, 2.05) is 0 Å². The van der Waals surface area contributed by atoms with E-state index in [1.54, 1.807) is 0 Å².